The van der Waals surface area contributed by atoms with Gasteiger partial charge >= 0.3 is 5.97 Å². The van der Waals surface area contributed by atoms with Gasteiger partial charge in [-0.1, -0.05) is 12.1 Å². The average molecular weight is 222 g/mol. The van der Waals surface area contributed by atoms with Crippen LogP contribution in [0.3, 0.4) is 0 Å². The van der Waals surface area contributed by atoms with E-state index in [0.717, 1.165) is 12.1 Å². The summed E-state index contributed by atoms with van der Waals surface area (Å²) in [5.41, 5.74) is 1.69. The van der Waals surface area contributed by atoms with Crippen LogP contribution in [0.4, 0.5) is 0 Å². The number of ether oxygens (including phenoxy) is 1. The van der Waals surface area contributed by atoms with Crippen molar-refractivity contribution in [1.82, 2.24) is 10.2 Å². The molecular formula is C12H18N2O2. The summed E-state index contributed by atoms with van der Waals surface area (Å²) < 4.78 is 4.97. The maximum atomic E-state index is 11.6. The molecule has 0 saturated carbocycles. The molecule has 0 aliphatic rings. The molecule has 0 spiro atoms. The van der Waals surface area contributed by atoms with E-state index in [1.54, 1.807) is 13.1 Å². The standard InChI is InChI=1S/C12H18N2O2/c1-13-9-16-12(15)11-6-4-5-10(7-11)8-14(2)3/h4-7,13H,8-9H2,1-3H3. The Hall–Kier alpha value is -1.39. The third-order valence-corrected chi connectivity index (χ3v) is 2.01. The molecule has 1 aromatic rings. The summed E-state index contributed by atoms with van der Waals surface area (Å²) in [6.45, 7) is 1.05. The molecule has 0 amide bonds. The van der Waals surface area contributed by atoms with Crippen molar-refractivity contribution in [2.24, 2.45) is 0 Å². The van der Waals surface area contributed by atoms with E-state index in [1.807, 2.05) is 32.3 Å². The summed E-state index contributed by atoms with van der Waals surface area (Å²) >= 11 is 0. The van der Waals surface area contributed by atoms with E-state index < -0.39 is 0 Å². The second-order valence-corrected chi connectivity index (χ2v) is 3.87. The third kappa shape index (κ3) is 4.00. The number of benzene rings is 1. The molecule has 0 aromatic heterocycles. The lowest BCUT2D eigenvalue weighted by atomic mass is 10.1. The highest BCUT2D eigenvalue weighted by atomic mass is 16.5. The molecule has 1 aromatic carbocycles. The van der Waals surface area contributed by atoms with E-state index in [9.17, 15) is 4.79 Å². The smallest absolute Gasteiger partial charge is 0.339 e. The van der Waals surface area contributed by atoms with Gasteiger partial charge in [0.25, 0.3) is 0 Å². The SMILES string of the molecule is CNCOC(=O)c1cccc(CN(C)C)c1. The van der Waals surface area contributed by atoms with Crippen LogP contribution in [0.15, 0.2) is 24.3 Å². The molecule has 0 radical (unpaired) electrons. The first-order valence-electron chi connectivity index (χ1n) is 5.19. The number of carbonyl (C=O) groups excluding carboxylic acids is 1. The zero-order chi connectivity index (χ0) is 12.0. The van der Waals surface area contributed by atoms with E-state index in [-0.39, 0.29) is 12.7 Å². The normalized spacial score (nSPS) is 10.5. The topological polar surface area (TPSA) is 41.6 Å². The molecule has 4 heteroatoms. The third-order valence-electron chi connectivity index (χ3n) is 2.01. The molecule has 0 atom stereocenters. The fourth-order valence-corrected chi connectivity index (χ4v) is 1.38. The van der Waals surface area contributed by atoms with Crippen LogP contribution in [0, 0.1) is 0 Å². The van der Waals surface area contributed by atoms with Gasteiger partial charge in [0.1, 0.15) is 6.73 Å². The number of nitrogens with one attached hydrogen (secondary N) is 1. The zero-order valence-corrected chi connectivity index (χ0v) is 9.99. The van der Waals surface area contributed by atoms with Crippen LogP contribution in [-0.4, -0.2) is 38.7 Å². The highest BCUT2D eigenvalue weighted by Crippen LogP contribution is 2.08. The van der Waals surface area contributed by atoms with Crippen LogP contribution in [0.5, 0.6) is 0 Å². The minimum Gasteiger partial charge on any atom is -0.446 e. The Kier molecular flexibility index (Phi) is 4.95. The van der Waals surface area contributed by atoms with Crippen molar-refractivity contribution in [3.8, 4) is 0 Å². The molecule has 0 unspecified atom stereocenters. The van der Waals surface area contributed by atoms with Crippen LogP contribution in [0.2, 0.25) is 0 Å². The second-order valence-electron chi connectivity index (χ2n) is 3.87. The molecule has 1 rings (SSSR count). The van der Waals surface area contributed by atoms with Gasteiger partial charge in [-0.2, -0.15) is 0 Å². The lowest BCUT2D eigenvalue weighted by Gasteiger charge is -2.10. The van der Waals surface area contributed by atoms with Gasteiger partial charge in [0.05, 0.1) is 5.56 Å². The van der Waals surface area contributed by atoms with Crippen LogP contribution < -0.4 is 5.32 Å². The second kappa shape index (κ2) is 6.25. The zero-order valence-electron chi connectivity index (χ0n) is 9.99. The summed E-state index contributed by atoms with van der Waals surface area (Å²) in [5, 5.41) is 2.76. The van der Waals surface area contributed by atoms with Gasteiger partial charge in [-0.3, -0.25) is 5.32 Å². The number of carbonyl (C=O) groups is 1. The summed E-state index contributed by atoms with van der Waals surface area (Å²) in [4.78, 5) is 13.6. The minimum atomic E-state index is -0.296. The highest BCUT2D eigenvalue weighted by molar-refractivity contribution is 5.89. The van der Waals surface area contributed by atoms with E-state index >= 15 is 0 Å². The van der Waals surface area contributed by atoms with Crippen molar-refractivity contribution >= 4 is 5.97 Å². The van der Waals surface area contributed by atoms with Gasteiger partial charge in [-0.05, 0) is 38.8 Å². The van der Waals surface area contributed by atoms with Gasteiger partial charge in [0.15, 0.2) is 0 Å². The lowest BCUT2D eigenvalue weighted by Crippen LogP contribution is -2.17. The van der Waals surface area contributed by atoms with E-state index in [1.165, 1.54) is 0 Å². The van der Waals surface area contributed by atoms with Gasteiger partial charge in [0.2, 0.25) is 0 Å². The van der Waals surface area contributed by atoms with Crippen molar-refractivity contribution in [2.75, 3.05) is 27.9 Å². The number of hydrogen-bond donors (Lipinski definition) is 1. The molecule has 0 aliphatic heterocycles. The number of esters is 1. The molecule has 0 saturated heterocycles. The van der Waals surface area contributed by atoms with Crippen molar-refractivity contribution in [1.29, 1.82) is 0 Å². The van der Waals surface area contributed by atoms with Crippen LogP contribution >= 0.6 is 0 Å². The Morgan fingerprint density at radius 1 is 1.44 bits per heavy atom. The molecule has 88 valence electrons. The lowest BCUT2D eigenvalue weighted by molar-refractivity contribution is 0.0481. The van der Waals surface area contributed by atoms with Crippen LogP contribution in [0.1, 0.15) is 15.9 Å². The largest absolute Gasteiger partial charge is 0.446 e. The molecule has 4 nitrogen and oxygen atoms in total. The Morgan fingerprint density at radius 2 is 2.19 bits per heavy atom. The number of hydrogen-bond acceptors (Lipinski definition) is 4. The molecule has 0 fully saturated rings. The summed E-state index contributed by atoms with van der Waals surface area (Å²) in [5.74, 6) is -0.296. The molecule has 0 heterocycles. The monoisotopic (exact) mass is 222 g/mol. The molecule has 16 heavy (non-hydrogen) atoms. The van der Waals surface area contributed by atoms with Gasteiger partial charge < -0.3 is 9.64 Å². The predicted molar refractivity (Wildman–Crippen MR) is 63.2 cm³/mol. The van der Waals surface area contributed by atoms with Crippen LogP contribution in [0.25, 0.3) is 0 Å². The maximum absolute atomic E-state index is 11.6. The van der Waals surface area contributed by atoms with Crippen molar-refractivity contribution in [3.63, 3.8) is 0 Å². The molecular weight excluding hydrogens is 204 g/mol. The first-order chi connectivity index (χ1) is 7.63. The van der Waals surface area contributed by atoms with E-state index in [0.29, 0.717) is 5.56 Å². The van der Waals surface area contributed by atoms with Gasteiger partial charge in [-0.15, -0.1) is 0 Å². The van der Waals surface area contributed by atoms with Gasteiger partial charge in [0, 0.05) is 6.54 Å². The summed E-state index contributed by atoms with van der Waals surface area (Å²) in [6.07, 6.45) is 0. The summed E-state index contributed by atoms with van der Waals surface area (Å²) in [7, 11) is 5.72. The van der Waals surface area contributed by atoms with E-state index in [4.69, 9.17) is 4.74 Å². The van der Waals surface area contributed by atoms with Gasteiger partial charge in [-0.25, -0.2) is 4.79 Å². The van der Waals surface area contributed by atoms with Crippen molar-refractivity contribution < 1.29 is 9.53 Å². The Labute approximate surface area is 96.2 Å². The fourth-order valence-electron chi connectivity index (χ4n) is 1.38. The summed E-state index contributed by atoms with van der Waals surface area (Å²) in [6, 6.07) is 7.48. The van der Waals surface area contributed by atoms with Crippen LogP contribution in [-0.2, 0) is 11.3 Å². The maximum Gasteiger partial charge on any atom is 0.339 e. The predicted octanol–water partition coefficient (Wildman–Crippen LogP) is 1.08. The van der Waals surface area contributed by atoms with Crippen molar-refractivity contribution in [2.45, 2.75) is 6.54 Å². The average Bonchev–Trinajstić information content (AvgIpc) is 2.25. The minimum absolute atomic E-state index is 0.233. The number of nitrogens with zero attached hydrogens (tertiary/aromatic N) is 1. The number of rotatable bonds is 5. The molecule has 0 bridgehead atoms. The highest BCUT2D eigenvalue weighted by Gasteiger charge is 2.07. The fraction of sp³-hybridized carbons (Fsp3) is 0.417. The Bertz CT molecular complexity index is 351. The van der Waals surface area contributed by atoms with E-state index in [2.05, 4.69) is 10.2 Å². The molecule has 0 aliphatic carbocycles. The Balaban J connectivity index is 2.69. The first kappa shape index (κ1) is 12.7. The van der Waals surface area contributed by atoms with Crippen molar-refractivity contribution in [3.05, 3.63) is 35.4 Å². The first-order valence-corrected chi connectivity index (χ1v) is 5.19. The quantitative estimate of drug-likeness (QED) is 0.598. The molecule has 1 N–H and O–H groups in total. The Morgan fingerprint density at radius 3 is 2.81 bits per heavy atom.